The molecule has 0 spiro atoms. The number of nitrogens with zero attached hydrogens (tertiary/aromatic N) is 1. The van der Waals surface area contributed by atoms with Crippen molar-refractivity contribution in [2.24, 2.45) is 0 Å². The first kappa shape index (κ1) is 20.7. The van der Waals surface area contributed by atoms with Gasteiger partial charge in [0.2, 0.25) is 5.91 Å². The van der Waals surface area contributed by atoms with Crippen LogP contribution in [-0.2, 0) is 16.0 Å². The van der Waals surface area contributed by atoms with E-state index in [4.69, 9.17) is 14.2 Å². The summed E-state index contributed by atoms with van der Waals surface area (Å²) >= 11 is 0. The molecule has 1 saturated heterocycles. The zero-order chi connectivity index (χ0) is 20.8. The lowest BCUT2D eigenvalue weighted by atomic mass is 10.1. The first-order chi connectivity index (χ1) is 14.1. The number of hydrogen-bond donors (Lipinski definition) is 1. The van der Waals surface area contributed by atoms with Gasteiger partial charge < -0.3 is 19.5 Å². The summed E-state index contributed by atoms with van der Waals surface area (Å²) in [5.74, 6) is 1.73. The number of carbonyl (C=O) groups excluding carboxylic acids is 2. The van der Waals surface area contributed by atoms with Crippen molar-refractivity contribution in [1.82, 2.24) is 0 Å². The summed E-state index contributed by atoms with van der Waals surface area (Å²) in [5.41, 5.74) is 1.67. The van der Waals surface area contributed by atoms with Crippen LogP contribution < -0.4 is 24.4 Å². The van der Waals surface area contributed by atoms with E-state index in [0.29, 0.717) is 36.1 Å². The highest BCUT2D eigenvalue weighted by atomic mass is 16.5. The van der Waals surface area contributed by atoms with Crippen LogP contribution in [0.4, 0.5) is 5.69 Å². The van der Waals surface area contributed by atoms with Crippen molar-refractivity contribution in [2.75, 3.05) is 32.3 Å². The van der Waals surface area contributed by atoms with E-state index in [1.54, 1.807) is 38.5 Å². The van der Waals surface area contributed by atoms with E-state index in [1.165, 1.54) is 4.90 Å². The number of imide groups is 1. The summed E-state index contributed by atoms with van der Waals surface area (Å²) in [6.07, 6.45) is 0.958. The fourth-order valence-corrected chi connectivity index (χ4v) is 3.46. The molecule has 1 heterocycles. The predicted molar refractivity (Wildman–Crippen MR) is 109 cm³/mol. The molecule has 7 heteroatoms. The van der Waals surface area contributed by atoms with Gasteiger partial charge in [-0.3, -0.25) is 9.59 Å². The molecule has 3 rings (SSSR count). The maximum absolute atomic E-state index is 12.8. The van der Waals surface area contributed by atoms with Crippen LogP contribution in [0.15, 0.2) is 42.5 Å². The van der Waals surface area contributed by atoms with Gasteiger partial charge in [0, 0.05) is 6.42 Å². The van der Waals surface area contributed by atoms with Crippen molar-refractivity contribution in [2.45, 2.75) is 25.8 Å². The quantitative estimate of drug-likeness (QED) is 0.647. The third kappa shape index (κ3) is 4.68. The zero-order valence-electron chi connectivity index (χ0n) is 17.0. The summed E-state index contributed by atoms with van der Waals surface area (Å²) < 4.78 is 16.0. The maximum Gasteiger partial charge on any atom is 0.292 e. The number of quaternary nitrogens is 1. The van der Waals surface area contributed by atoms with Gasteiger partial charge in [-0.05, 0) is 48.9 Å². The van der Waals surface area contributed by atoms with Crippen LogP contribution >= 0.6 is 0 Å². The number of carbonyl (C=O) groups is 2. The number of amides is 2. The Morgan fingerprint density at radius 1 is 1.03 bits per heavy atom. The molecule has 2 N–H and O–H groups in total. The Morgan fingerprint density at radius 2 is 1.76 bits per heavy atom. The van der Waals surface area contributed by atoms with E-state index in [1.807, 2.05) is 30.4 Å². The largest absolute Gasteiger partial charge is 0.494 e. The SMILES string of the molecule is CCOc1ccc(N2C(=O)C[C@@H]([NH2+]CCc3ccc(OC)c(OC)c3)C2=O)cc1. The van der Waals surface area contributed by atoms with Gasteiger partial charge in [-0.2, -0.15) is 0 Å². The van der Waals surface area contributed by atoms with Gasteiger partial charge in [0.05, 0.1) is 39.5 Å². The summed E-state index contributed by atoms with van der Waals surface area (Å²) in [4.78, 5) is 26.4. The molecule has 2 aromatic rings. The van der Waals surface area contributed by atoms with Gasteiger partial charge in [0.25, 0.3) is 5.91 Å². The second kappa shape index (κ2) is 9.43. The normalized spacial score (nSPS) is 16.2. The Kier molecular flexibility index (Phi) is 6.72. The van der Waals surface area contributed by atoms with Crippen molar-refractivity contribution in [3.63, 3.8) is 0 Å². The lowest BCUT2D eigenvalue weighted by molar-refractivity contribution is -0.674. The molecule has 2 aromatic carbocycles. The molecule has 154 valence electrons. The van der Waals surface area contributed by atoms with Crippen LogP contribution in [0.2, 0.25) is 0 Å². The van der Waals surface area contributed by atoms with Crippen molar-refractivity contribution < 1.29 is 29.1 Å². The van der Waals surface area contributed by atoms with Crippen molar-refractivity contribution in [1.29, 1.82) is 0 Å². The Balaban J connectivity index is 1.58. The molecule has 7 nitrogen and oxygen atoms in total. The Labute approximate surface area is 170 Å². The third-order valence-electron chi connectivity index (χ3n) is 4.92. The lowest BCUT2D eigenvalue weighted by Gasteiger charge is -2.15. The molecular weight excluding hydrogens is 372 g/mol. The molecule has 0 aromatic heterocycles. The first-order valence-electron chi connectivity index (χ1n) is 9.71. The van der Waals surface area contributed by atoms with Gasteiger partial charge in [-0.25, -0.2) is 4.90 Å². The summed E-state index contributed by atoms with van der Waals surface area (Å²) in [7, 11) is 3.20. The molecule has 0 bridgehead atoms. The smallest absolute Gasteiger partial charge is 0.292 e. The first-order valence-corrected chi connectivity index (χ1v) is 9.71. The van der Waals surface area contributed by atoms with Crippen LogP contribution in [0.25, 0.3) is 0 Å². The average Bonchev–Trinajstić information content (AvgIpc) is 3.02. The highest BCUT2D eigenvalue weighted by Gasteiger charge is 2.42. The fourth-order valence-electron chi connectivity index (χ4n) is 3.46. The number of hydrogen-bond acceptors (Lipinski definition) is 5. The van der Waals surface area contributed by atoms with E-state index >= 15 is 0 Å². The predicted octanol–water partition coefficient (Wildman–Crippen LogP) is 1.54. The van der Waals surface area contributed by atoms with Crippen LogP contribution in [0, 0.1) is 0 Å². The van der Waals surface area contributed by atoms with Gasteiger partial charge in [-0.1, -0.05) is 6.07 Å². The van der Waals surface area contributed by atoms with Gasteiger partial charge in [0.1, 0.15) is 5.75 Å². The molecule has 0 unspecified atom stereocenters. The molecule has 29 heavy (non-hydrogen) atoms. The van der Waals surface area contributed by atoms with Crippen molar-refractivity contribution >= 4 is 17.5 Å². The number of anilines is 1. The number of ether oxygens (including phenoxy) is 3. The summed E-state index contributed by atoms with van der Waals surface area (Å²) in [6, 6.07) is 12.4. The minimum absolute atomic E-state index is 0.175. The van der Waals surface area contributed by atoms with Crippen LogP contribution in [0.5, 0.6) is 17.2 Å². The van der Waals surface area contributed by atoms with Crippen LogP contribution in [0.3, 0.4) is 0 Å². The van der Waals surface area contributed by atoms with Gasteiger partial charge >= 0.3 is 0 Å². The molecular formula is C22H27N2O5+. The zero-order valence-corrected chi connectivity index (χ0v) is 17.0. The van der Waals surface area contributed by atoms with Crippen molar-refractivity contribution in [3.05, 3.63) is 48.0 Å². The highest BCUT2D eigenvalue weighted by Crippen LogP contribution is 2.27. The standard InChI is InChI=1S/C22H26N2O5/c1-4-29-17-8-6-16(7-9-17)24-21(25)14-18(22(24)26)23-12-11-15-5-10-19(27-2)20(13-15)28-3/h5-10,13,18,23H,4,11-12,14H2,1-3H3/p+1/t18-/m1/s1. The molecule has 0 saturated carbocycles. The summed E-state index contributed by atoms with van der Waals surface area (Å²) in [6.45, 7) is 3.16. The van der Waals surface area contributed by atoms with Crippen LogP contribution in [0.1, 0.15) is 18.9 Å². The Morgan fingerprint density at radius 3 is 2.41 bits per heavy atom. The molecule has 0 aliphatic carbocycles. The average molecular weight is 399 g/mol. The molecule has 1 atom stereocenters. The van der Waals surface area contributed by atoms with Crippen LogP contribution in [-0.4, -0.2) is 45.2 Å². The Bertz CT molecular complexity index is 866. The molecule has 1 aliphatic rings. The minimum atomic E-state index is -0.394. The van der Waals surface area contributed by atoms with Gasteiger partial charge in [-0.15, -0.1) is 0 Å². The fraction of sp³-hybridized carbons (Fsp3) is 0.364. The number of rotatable bonds is 9. The van der Waals surface area contributed by atoms with E-state index in [0.717, 1.165) is 12.0 Å². The van der Waals surface area contributed by atoms with E-state index < -0.39 is 6.04 Å². The van der Waals surface area contributed by atoms with E-state index in [-0.39, 0.29) is 18.2 Å². The Hall–Kier alpha value is -3.06. The lowest BCUT2D eigenvalue weighted by Crippen LogP contribution is -2.92. The number of methoxy groups -OCH3 is 2. The topological polar surface area (TPSA) is 81.7 Å². The highest BCUT2D eigenvalue weighted by molar-refractivity contribution is 6.21. The third-order valence-corrected chi connectivity index (χ3v) is 4.92. The second-order valence-corrected chi connectivity index (χ2v) is 6.77. The molecule has 1 fully saturated rings. The number of nitrogens with two attached hydrogens (primary N) is 1. The molecule has 2 amide bonds. The molecule has 1 aliphatic heterocycles. The second-order valence-electron chi connectivity index (χ2n) is 6.77. The van der Waals surface area contributed by atoms with E-state index in [9.17, 15) is 9.59 Å². The van der Waals surface area contributed by atoms with Crippen molar-refractivity contribution in [3.8, 4) is 17.2 Å². The molecule has 0 radical (unpaired) electrons. The van der Waals surface area contributed by atoms with Gasteiger partial charge in [0.15, 0.2) is 17.5 Å². The maximum atomic E-state index is 12.8. The van der Waals surface area contributed by atoms with E-state index in [2.05, 4.69) is 0 Å². The summed E-state index contributed by atoms with van der Waals surface area (Å²) in [5, 5.41) is 1.94. The monoisotopic (exact) mass is 399 g/mol. The minimum Gasteiger partial charge on any atom is -0.494 e. The number of benzene rings is 2.